The van der Waals surface area contributed by atoms with Crippen molar-refractivity contribution in [2.75, 3.05) is 0 Å². The molecule has 5 heteroatoms. The quantitative estimate of drug-likeness (QED) is 0.506. The van der Waals surface area contributed by atoms with E-state index in [2.05, 4.69) is 21.9 Å². The van der Waals surface area contributed by atoms with E-state index in [0.717, 1.165) is 23.1 Å². The van der Waals surface area contributed by atoms with Crippen LogP contribution in [0, 0.1) is 0 Å². The number of aryl methyl sites for hydroxylation is 1. The number of pyridine rings is 2. The van der Waals surface area contributed by atoms with Gasteiger partial charge >= 0.3 is 0 Å². The van der Waals surface area contributed by atoms with Crippen LogP contribution in [0.5, 0.6) is 0 Å². The Balaban J connectivity index is 1.61. The molecule has 0 aliphatic carbocycles. The van der Waals surface area contributed by atoms with E-state index in [4.69, 9.17) is 4.42 Å². The fourth-order valence-corrected chi connectivity index (χ4v) is 2.83. The van der Waals surface area contributed by atoms with Crippen molar-refractivity contribution in [2.45, 2.75) is 19.8 Å². The van der Waals surface area contributed by atoms with Gasteiger partial charge in [-0.05, 0) is 47.9 Å². The van der Waals surface area contributed by atoms with Gasteiger partial charge in [0.2, 0.25) is 5.89 Å². The number of aromatic nitrogens is 3. The van der Waals surface area contributed by atoms with Crippen LogP contribution in [0.25, 0.3) is 22.6 Å². The molecule has 3 aromatic heterocycles. The van der Waals surface area contributed by atoms with Crippen molar-refractivity contribution in [2.24, 2.45) is 0 Å². The Morgan fingerprint density at radius 1 is 1.04 bits per heavy atom. The first-order valence-electron chi connectivity index (χ1n) is 8.50. The number of fused-ring (bicyclic) bond motifs is 1. The number of oxazole rings is 1. The van der Waals surface area contributed by atoms with E-state index in [1.165, 1.54) is 0 Å². The number of carbonyl (C=O) groups excluding carboxylic acids is 1. The number of rotatable bonds is 5. The molecule has 4 rings (SSSR count). The third-order valence-electron chi connectivity index (χ3n) is 4.24. The minimum atomic E-state index is 0.0351. The van der Waals surface area contributed by atoms with Gasteiger partial charge in [0.05, 0.1) is 5.56 Å². The van der Waals surface area contributed by atoms with Crippen molar-refractivity contribution < 1.29 is 9.21 Å². The van der Waals surface area contributed by atoms with Gasteiger partial charge in [0.1, 0.15) is 5.52 Å². The molecule has 0 bridgehead atoms. The monoisotopic (exact) mass is 343 g/mol. The summed E-state index contributed by atoms with van der Waals surface area (Å²) in [4.78, 5) is 25.4. The number of hydrogen-bond acceptors (Lipinski definition) is 5. The lowest BCUT2D eigenvalue weighted by atomic mass is 10.0. The molecule has 128 valence electrons. The molecule has 0 radical (unpaired) electrons. The second kappa shape index (κ2) is 6.88. The van der Waals surface area contributed by atoms with Gasteiger partial charge in [-0.2, -0.15) is 0 Å². The van der Waals surface area contributed by atoms with Crippen molar-refractivity contribution in [1.29, 1.82) is 0 Å². The summed E-state index contributed by atoms with van der Waals surface area (Å²) in [5, 5.41) is 0. The molecule has 0 fully saturated rings. The molecule has 0 N–H and O–H groups in total. The zero-order valence-corrected chi connectivity index (χ0v) is 14.3. The average molecular weight is 343 g/mol. The van der Waals surface area contributed by atoms with Gasteiger partial charge in [-0.25, -0.2) is 4.98 Å². The predicted octanol–water partition coefficient (Wildman–Crippen LogP) is 4.27. The van der Waals surface area contributed by atoms with E-state index in [9.17, 15) is 4.79 Å². The Morgan fingerprint density at radius 3 is 2.73 bits per heavy atom. The lowest BCUT2D eigenvalue weighted by Crippen LogP contribution is -2.04. The van der Waals surface area contributed by atoms with Crippen LogP contribution < -0.4 is 0 Å². The first-order chi connectivity index (χ1) is 12.7. The molecule has 26 heavy (non-hydrogen) atoms. The summed E-state index contributed by atoms with van der Waals surface area (Å²) < 4.78 is 5.76. The minimum absolute atomic E-state index is 0.0351. The summed E-state index contributed by atoms with van der Waals surface area (Å²) in [6.45, 7) is 2.07. The number of ketones is 1. The second-order valence-corrected chi connectivity index (χ2v) is 6.10. The summed E-state index contributed by atoms with van der Waals surface area (Å²) >= 11 is 0. The molecular formula is C21H17N3O2. The smallest absolute Gasteiger partial charge is 0.228 e. The third-order valence-corrected chi connectivity index (χ3v) is 4.24. The second-order valence-electron chi connectivity index (χ2n) is 6.10. The lowest BCUT2D eigenvalue weighted by molar-refractivity contribution is 0.0993. The Hall–Kier alpha value is -3.34. The molecule has 0 amide bonds. The van der Waals surface area contributed by atoms with E-state index in [1.807, 2.05) is 24.4 Å². The molecule has 3 heterocycles. The van der Waals surface area contributed by atoms with Gasteiger partial charge in [-0.15, -0.1) is 0 Å². The number of nitrogens with zero attached hydrogens (tertiary/aromatic N) is 3. The molecule has 0 spiro atoms. The molecular weight excluding hydrogens is 326 g/mol. The fraction of sp³-hybridized carbons (Fsp3) is 0.143. The van der Waals surface area contributed by atoms with Gasteiger partial charge in [0, 0.05) is 36.8 Å². The van der Waals surface area contributed by atoms with Gasteiger partial charge < -0.3 is 4.42 Å². The molecule has 0 saturated heterocycles. The predicted molar refractivity (Wildman–Crippen MR) is 98.9 cm³/mol. The van der Waals surface area contributed by atoms with Crippen LogP contribution >= 0.6 is 0 Å². The summed E-state index contributed by atoms with van der Waals surface area (Å²) in [5.74, 6) is 0.533. The van der Waals surface area contributed by atoms with Crippen LogP contribution in [0.3, 0.4) is 0 Å². The van der Waals surface area contributed by atoms with Gasteiger partial charge in [0.15, 0.2) is 11.4 Å². The summed E-state index contributed by atoms with van der Waals surface area (Å²) in [6.07, 6.45) is 8.19. The van der Waals surface area contributed by atoms with Crippen molar-refractivity contribution in [3.05, 3.63) is 77.9 Å². The Kier molecular flexibility index (Phi) is 4.27. The minimum Gasteiger partial charge on any atom is -0.436 e. The van der Waals surface area contributed by atoms with E-state index >= 15 is 0 Å². The first kappa shape index (κ1) is 16.1. The van der Waals surface area contributed by atoms with Crippen LogP contribution in [-0.2, 0) is 12.8 Å². The maximum absolute atomic E-state index is 12.6. The number of benzene rings is 1. The van der Waals surface area contributed by atoms with Crippen LogP contribution in [0.2, 0.25) is 0 Å². The molecule has 0 aliphatic rings. The van der Waals surface area contributed by atoms with Crippen LogP contribution in [0.4, 0.5) is 0 Å². The zero-order chi connectivity index (χ0) is 17.9. The van der Waals surface area contributed by atoms with Crippen LogP contribution in [-0.4, -0.2) is 20.7 Å². The van der Waals surface area contributed by atoms with Gasteiger partial charge in [0.25, 0.3) is 0 Å². The standard InChI is InChI=1S/C21H17N3O2/c1-2-14-8-15(12-23-11-14)9-19(25)16-5-6-20-18(10-16)24-21(26-20)17-4-3-7-22-13-17/h3-8,10-13H,2,9H2,1H3. The summed E-state index contributed by atoms with van der Waals surface area (Å²) in [7, 11) is 0. The lowest BCUT2D eigenvalue weighted by Gasteiger charge is -2.03. The molecule has 0 saturated carbocycles. The molecule has 4 aromatic rings. The van der Waals surface area contributed by atoms with E-state index < -0.39 is 0 Å². The van der Waals surface area contributed by atoms with Gasteiger partial charge in [-0.3, -0.25) is 14.8 Å². The molecule has 1 aromatic carbocycles. The van der Waals surface area contributed by atoms with Crippen molar-refractivity contribution in [3.8, 4) is 11.5 Å². The van der Waals surface area contributed by atoms with E-state index in [-0.39, 0.29) is 5.78 Å². The SMILES string of the molecule is CCc1cncc(CC(=O)c2ccc3oc(-c4cccnc4)nc3c2)c1. The third kappa shape index (κ3) is 3.24. The number of carbonyl (C=O) groups is 1. The zero-order valence-electron chi connectivity index (χ0n) is 14.3. The largest absolute Gasteiger partial charge is 0.436 e. The Morgan fingerprint density at radius 2 is 1.92 bits per heavy atom. The summed E-state index contributed by atoms with van der Waals surface area (Å²) in [5.41, 5.74) is 4.78. The highest BCUT2D eigenvalue weighted by molar-refractivity contribution is 6.00. The fourth-order valence-electron chi connectivity index (χ4n) is 2.83. The highest BCUT2D eigenvalue weighted by Gasteiger charge is 2.13. The van der Waals surface area contributed by atoms with E-state index in [1.54, 1.807) is 36.8 Å². The van der Waals surface area contributed by atoms with Crippen molar-refractivity contribution >= 4 is 16.9 Å². The topological polar surface area (TPSA) is 68.9 Å². The average Bonchev–Trinajstić information content (AvgIpc) is 3.12. The van der Waals surface area contributed by atoms with Crippen molar-refractivity contribution in [1.82, 2.24) is 15.0 Å². The highest BCUT2D eigenvalue weighted by atomic mass is 16.3. The summed E-state index contributed by atoms with van der Waals surface area (Å²) in [6, 6.07) is 11.1. The highest BCUT2D eigenvalue weighted by Crippen LogP contribution is 2.24. The molecule has 5 nitrogen and oxygen atoms in total. The molecule has 0 unspecified atom stereocenters. The molecule has 0 atom stereocenters. The number of hydrogen-bond donors (Lipinski definition) is 0. The normalized spacial score (nSPS) is 11.0. The maximum atomic E-state index is 12.6. The Bertz CT molecular complexity index is 1070. The van der Waals surface area contributed by atoms with Gasteiger partial charge in [-0.1, -0.05) is 13.0 Å². The Labute approximate surface area is 150 Å². The van der Waals surface area contributed by atoms with E-state index in [0.29, 0.717) is 29.0 Å². The van der Waals surface area contributed by atoms with Crippen LogP contribution in [0.15, 0.2) is 65.6 Å². The number of Topliss-reactive ketones (excluding diaryl/α,β-unsaturated/α-hetero) is 1. The van der Waals surface area contributed by atoms with Crippen molar-refractivity contribution in [3.63, 3.8) is 0 Å². The van der Waals surface area contributed by atoms with Crippen LogP contribution in [0.1, 0.15) is 28.4 Å². The first-order valence-corrected chi connectivity index (χ1v) is 8.50. The maximum Gasteiger partial charge on any atom is 0.228 e. The molecule has 0 aliphatic heterocycles.